The molecule has 2 atom stereocenters. The number of carbonyl (C=O) groups is 1. The first-order chi connectivity index (χ1) is 11.6. The Morgan fingerprint density at radius 2 is 1.96 bits per heavy atom. The van der Waals surface area contributed by atoms with Gasteiger partial charge in [0.2, 0.25) is 0 Å². The molecule has 0 bridgehead atoms. The third-order valence-corrected chi connectivity index (χ3v) is 4.16. The third kappa shape index (κ3) is 3.26. The SMILES string of the molecule is COc1ccccc1-c1cnc(N2CC(C)OC(C)C2)c(C=O)c1. The standard InChI is InChI=1S/C19H22N2O3/c1-13-10-21(11-14(2)24-13)19-16(12-22)8-15(9-20-19)17-6-4-5-7-18(17)23-3/h4-9,12-14H,10-11H2,1-3H3. The Morgan fingerprint density at radius 3 is 2.62 bits per heavy atom. The minimum absolute atomic E-state index is 0.115. The molecule has 1 aliphatic rings. The Morgan fingerprint density at radius 1 is 1.25 bits per heavy atom. The molecule has 0 spiro atoms. The summed E-state index contributed by atoms with van der Waals surface area (Å²) in [6, 6.07) is 9.59. The highest BCUT2D eigenvalue weighted by molar-refractivity contribution is 5.86. The number of anilines is 1. The van der Waals surface area contributed by atoms with Crippen molar-refractivity contribution in [2.45, 2.75) is 26.1 Å². The van der Waals surface area contributed by atoms with Crippen LogP contribution in [0.3, 0.4) is 0 Å². The summed E-state index contributed by atoms with van der Waals surface area (Å²) in [7, 11) is 1.64. The maximum absolute atomic E-state index is 11.6. The lowest BCUT2D eigenvalue weighted by molar-refractivity contribution is -0.00549. The number of para-hydroxylation sites is 1. The van der Waals surface area contributed by atoms with Crippen LogP contribution in [0.2, 0.25) is 0 Å². The number of morpholine rings is 1. The molecule has 2 unspecified atom stereocenters. The van der Waals surface area contributed by atoms with Gasteiger partial charge in [-0.1, -0.05) is 18.2 Å². The molecule has 1 saturated heterocycles. The molecule has 1 aliphatic heterocycles. The number of methoxy groups -OCH3 is 1. The molecule has 0 amide bonds. The second-order valence-corrected chi connectivity index (χ2v) is 6.12. The van der Waals surface area contributed by atoms with E-state index < -0.39 is 0 Å². The molecule has 126 valence electrons. The third-order valence-electron chi connectivity index (χ3n) is 4.16. The molecule has 0 saturated carbocycles. The average Bonchev–Trinajstić information content (AvgIpc) is 2.60. The van der Waals surface area contributed by atoms with Crippen LogP contribution < -0.4 is 9.64 Å². The fourth-order valence-electron chi connectivity index (χ4n) is 3.21. The Labute approximate surface area is 142 Å². The number of hydrogen-bond donors (Lipinski definition) is 0. The van der Waals surface area contributed by atoms with Crippen LogP contribution >= 0.6 is 0 Å². The van der Waals surface area contributed by atoms with Gasteiger partial charge in [-0.3, -0.25) is 4.79 Å². The number of nitrogens with zero attached hydrogens (tertiary/aromatic N) is 2. The van der Waals surface area contributed by atoms with Crippen LogP contribution in [0.5, 0.6) is 5.75 Å². The Balaban J connectivity index is 1.98. The number of aromatic nitrogens is 1. The monoisotopic (exact) mass is 326 g/mol. The van der Waals surface area contributed by atoms with E-state index in [1.54, 1.807) is 13.3 Å². The summed E-state index contributed by atoms with van der Waals surface area (Å²) in [4.78, 5) is 18.3. The van der Waals surface area contributed by atoms with Crippen molar-refractivity contribution < 1.29 is 14.3 Å². The van der Waals surface area contributed by atoms with Crippen molar-refractivity contribution >= 4 is 12.1 Å². The molecule has 5 nitrogen and oxygen atoms in total. The van der Waals surface area contributed by atoms with E-state index in [0.29, 0.717) is 11.4 Å². The molecule has 24 heavy (non-hydrogen) atoms. The van der Waals surface area contributed by atoms with Gasteiger partial charge in [-0.15, -0.1) is 0 Å². The number of aldehydes is 1. The van der Waals surface area contributed by atoms with Crippen LogP contribution in [0.4, 0.5) is 5.82 Å². The predicted molar refractivity (Wildman–Crippen MR) is 93.8 cm³/mol. The number of benzene rings is 1. The largest absolute Gasteiger partial charge is 0.496 e. The first kappa shape index (κ1) is 16.5. The van der Waals surface area contributed by atoms with Gasteiger partial charge in [0.15, 0.2) is 6.29 Å². The van der Waals surface area contributed by atoms with Gasteiger partial charge < -0.3 is 14.4 Å². The summed E-state index contributed by atoms with van der Waals surface area (Å²) < 4.78 is 11.2. The van der Waals surface area contributed by atoms with Crippen LogP contribution in [-0.2, 0) is 4.74 Å². The lowest BCUT2D eigenvalue weighted by atomic mass is 10.0. The van der Waals surface area contributed by atoms with E-state index in [9.17, 15) is 4.79 Å². The molecule has 1 aromatic carbocycles. The molecule has 3 rings (SSSR count). The van der Waals surface area contributed by atoms with Crippen molar-refractivity contribution in [2.24, 2.45) is 0 Å². The smallest absolute Gasteiger partial charge is 0.153 e. The van der Waals surface area contributed by atoms with E-state index >= 15 is 0 Å². The van der Waals surface area contributed by atoms with E-state index in [2.05, 4.69) is 9.88 Å². The van der Waals surface area contributed by atoms with Crippen molar-refractivity contribution in [3.05, 3.63) is 42.1 Å². The van der Waals surface area contributed by atoms with Gasteiger partial charge in [0.25, 0.3) is 0 Å². The minimum atomic E-state index is 0.115. The first-order valence-corrected chi connectivity index (χ1v) is 8.11. The predicted octanol–water partition coefficient (Wildman–Crippen LogP) is 3.18. The summed E-state index contributed by atoms with van der Waals surface area (Å²) >= 11 is 0. The highest BCUT2D eigenvalue weighted by Gasteiger charge is 2.25. The normalized spacial score (nSPS) is 20.7. The van der Waals surface area contributed by atoms with E-state index in [-0.39, 0.29) is 12.2 Å². The zero-order valence-electron chi connectivity index (χ0n) is 14.2. The fraction of sp³-hybridized carbons (Fsp3) is 0.368. The van der Waals surface area contributed by atoms with E-state index in [1.165, 1.54) is 0 Å². The zero-order valence-corrected chi connectivity index (χ0v) is 14.2. The lowest BCUT2D eigenvalue weighted by Gasteiger charge is -2.36. The van der Waals surface area contributed by atoms with Gasteiger partial charge in [0.1, 0.15) is 11.6 Å². The van der Waals surface area contributed by atoms with Crippen molar-refractivity contribution in [1.82, 2.24) is 4.98 Å². The summed E-state index contributed by atoms with van der Waals surface area (Å²) in [6.45, 7) is 5.53. The summed E-state index contributed by atoms with van der Waals surface area (Å²) in [5.41, 5.74) is 2.37. The molecule has 5 heteroatoms. The molecule has 0 radical (unpaired) electrons. The summed E-state index contributed by atoms with van der Waals surface area (Å²) in [6.07, 6.45) is 2.89. The van der Waals surface area contributed by atoms with Gasteiger partial charge in [-0.25, -0.2) is 4.98 Å². The van der Waals surface area contributed by atoms with Gasteiger partial charge in [0, 0.05) is 30.4 Å². The highest BCUT2D eigenvalue weighted by atomic mass is 16.5. The molecule has 1 aromatic heterocycles. The van der Waals surface area contributed by atoms with Crippen molar-refractivity contribution in [3.63, 3.8) is 0 Å². The summed E-state index contributed by atoms with van der Waals surface area (Å²) in [5, 5.41) is 0. The molecule has 0 aliphatic carbocycles. The quantitative estimate of drug-likeness (QED) is 0.808. The number of pyridine rings is 1. The Hall–Kier alpha value is -2.40. The molecule has 2 heterocycles. The van der Waals surface area contributed by atoms with E-state index in [4.69, 9.17) is 9.47 Å². The molecule has 2 aromatic rings. The molecule has 0 N–H and O–H groups in total. The minimum Gasteiger partial charge on any atom is -0.496 e. The average molecular weight is 326 g/mol. The number of rotatable bonds is 4. The lowest BCUT2D eigenvalue weighted by Crippen LogP contribution is -2.46. The van der Waals surface area contributed by atoms with E-state index in [0.717, 1.165) is 36.3 Å². The van der Waals surface area contributed by atoms with Crippen LogP contribution in [0, 0.1) is 0 Å². The van der Waals surface area contributed by atoms with Gasteiger partial charge in [-0.05, 0) is 26.0 Å². The first-order valence-electron chi connectivity index (χ1n) is 8.11. The van der Waals surface area contributed by atoms with Crippen LogP contribution in [0.15, 0.2) is 36.5 Å². The fourth-order valence-corrected chi connectivity index (χ4v) is 3.21. The highest BCUT2D eigenvalue weighted by Crippen LogP contribution is 2.31. The van der Waals surface area contributed by atoms with Gasteiger partial charge in [-0.2, -0.15) is 0 Å². The molecule has 1 fully saturated rings. The maximum atomic E-state index is 11.6. The summed E-state index contributed by atoms with van der Waals surface area (Å²) in [5.74, 6) is 1.48. The topological polar surface area (TPSA) is 51.7 Å². The van der Waals surface area contributed by atoms with Crippen molar-refractivity contribution in [1.29, 1.82) is 0 Å². The maximum Gasteiger partial charge on any atom is 0.153 e. The number of carbonyl (C=O) groups excluding carboxylic acids is 1. The Kier molecular flexibility index (Phi) is 4.81. The van der Waals surface area contributed by atoms with Crippen LogP contribution in [-0.4, -0.2) is 43.7 Å². The van der Waals surface area contributed by atoms with Crippen molar-refractivity contribution in [3.8, 4) is 16.9 Å². The van der Waals surface area contributed by atoms with E-state index in [1.807, 2.05) is 44.2 Å². The Bertz CT molecular complexity index is 722. The van der Waals surface area contributed by atoms with Gasteiger partial charge >= 0.3 is 0 Å². The van der Waals surface area contributed by atoms with Crippen molar-refractivity contribution in [2.75, 3.05) is 25.1 Å². The number of ether oxygens (including phenoxy) is 2. The van der Waals surface area contributed by atoms with Gasteiger partial charge in [0.05, 0.1) is 24.9 Å². The molecular formula is C19H22N2O3. The second kappa shape index (κ2) is 7.01. The van der Waals surface area contributed by atoms with Crippen LogP contribution in [0.1, 0.15) is 24.2 Å². The van der Waals surface area contributed by atoms with Crippen LogP contribution in [0.25, 0.3) is 11.1 Å². The second-order valence-electron chi connectivity index (χ2n) is 6.12. The number of hydrogen-bond acceptors (Lipinski definition) is 5. The zero-order chi connectivity index (χ0) is 17.1. The molecular weight excluding hydrogens is 304 g/mol.